The molecule has 6 heavy (non-hydrogen) atoms. The van der Waals surface area contributed by atoms with E-state index in [1.54, 1.807) is 0 Å². The van der Waals surface area contributed by atoms with Crippen LogP contribution in [0.2, 0.25) is 0 Å². The molecule has 0 saturated carbocycles. The first-order valence-corrected chi connectivity index (χ1v) is 1.70. The van der Waals surface area contributed by atoms with E-state index in [4.69, 9.17) is 5.41 Å². The lowest BCUT2D eigenvalue weighted by Crippen LogP contribution is -1.75. The maximum absolute atomic E-state index is 9.21. The SMILES string of the molecule is N=CCCN=O. The van der Waals surface area contributed by atoms with E-state index >= 15 is 0 Å². The van der Waals surface area contributed by atoms with E-state index in [0.717, 1.165) is 0 Å². The van der Waals surface area contributed by atoms with Crippen LogP contribution in [0.3, 0.4) is 0 Å². The Kier molecular flexibility index (Phi) is 3.75. The predicted molar refractivity (Wildman–Crippen MR) is 24.1 cm³/mol. The van der Waals surface area contributed by atoms with Crippen molar-refractivity contribution in [1.82, 2.24) is 0 Å². The first kappa shape index (κ1) is 5.27. The molecule has 0 bridgehead atoms. The minimum atomic E-state index is 0.240. The van der Waals surface area contributed by atoms with Gasteiger partial charge in [-0.05, 0) is 6.21 Å². The molecule has 0 aliphatic carbocycles. The summed E-state index contributed by atoms with van der Waals surface area (Å²) in [5, 5.41) is 8.91. The second-order valence-corrected chi connectivity index (χ2v) is 0.846. The molecule has 0 spiro atoms. The molecule has 0 amide bonds. The van der Waals surface area contributed by atoms with Gasteiger partial charge in [-0.25, -0.2) is 0 Å². The lowest BCUT2D eigenvalue weighted by atomic mass is 10.5. The fourth-order valence-corrected chi connectivity index (χ4v) is 0.117. The molecule has 3 nitrogen and oxygen atoms in total. The summed E-state index contributed by atoms with van der Waals surface area (Å²) in [6.07, 6.45) is 1.64. The van der Waals surface area contributed by atoms with Crippen molar-refractivity contribution < 1.29 is 0 Å². The molecule has 0 aromatic rings. The van der Waals surface area contributed by atoms with Crippen LogP contribution in [-0.4, -0.2) is 12.8 Å². The molecule has 1 N–H and O–H groups in total. The molecule has 0 aliphatic heterocycles. The third-order valence-corrected chi connectivity index (χ3v) is 0.365. The van der Waals surface area contributed by atoms with Crippen molar-refractivity contribution in [1.29, 1.82) is 5.41 Å². The van der Waals surface area contributed by atoms with Gasteiger partial charge >= 0.3 is 0 Å². The number of nitrogens with one attached hydrogen (secondary N) is 1. The van der Waals surface area contributed by atoms with Crippen LogP contribution in [0.4, 0.5) is 0 Å². The highest BCUT2D eigenvalue weighted by atomic mass is 16.3. The highest BCUT2D eigenvalue weighted by molar-refractivity contribution is 5.52. The Morgan fingerprint density at radius 1 is 1.83 bits per heavy atom. The van der Waals surface area contributed by atoms with E-state index in [0.29, 0.717) is 6.42 Å². The lowest BCUT2D eigenvalue weighted by Gasteiger charge is -1.71. The molecule has 34 valence electrons. The van der Waals surface area contributed by atoms with E-state index in [1.165, 1.54) is 6.21 Å². The van der Waals surface area contributed by atoms with Crippen LogP contribution in [0.5, 0.6) is 0 Å². The molecule has 0 fully saturated rings. The fraction of sp³-hybridized carbons (Fsp3) is 0.667. The van der Waals surface area contributed by atoms with Crippen molar-refractivity contribution in [2.75, 3.05) is 6.54 Å². The topological polar surface area (TPSA) is 53.3 Å². The Balaban J connectivity index is 2.66. The first-order chi connectivity index (χ1) is 2.91. The molecule has 0 aromatic carbocycles. The number of hydrogen-bond acceptors (Lipinski definition) is 3. The van der Waals surface area contributed by atoms with Crippen LogP contribution in [0, 0.1) is 10.3 Å². The summed E-state index contributed by atoms with van der Waals surface area (Å²) >= 11 is 0. The first-order valence-electron chi connectivity index (χ1n) is 1.70. The minimum absolute atomic E-state index is 0.240. The van der Waals surface area contributed by atoms with Crippen molar-refractivity contribution in [2.24, 2.45) is 5.18 Å². The van der Waals surface area contributed by atoms with Gasteiger partial charge in [0.25, 0.3) is 0 Å². The van der Waals surface area contributed by atoms with Gasteiger partial charge in [0.2, 0.25) is 0 Å². The van der Waals surface area contributed by atoms with Crippen molar-refractivity contribution in [2.45, 2.75) is 6.42 Å². The Morgan fingerprint density at radius 2 is 2.50 bits per heavy atom. The van der Waals surface area contributed by atoms with Crippen molar-refractivity contribution in [3.05, 3.63) is 4.91 Å². The van der Waals surface area contributed by atoms with E-state index in [2.05, 4.69) is 5.18 Å². The molecule has 0 aliphatic rings. The second kappa shape index (κ2) is 4.27. The molecule has 0 aromatic heterocycles. The average Bonchev–Trinajstić information content (AvgIpc) is 1.61. The van der Waals surface area contributed by atoms with Crippen LogP contribution in [0.25, 0.3) is 0 Å². The highest BCUT2D eigenvalue weighted by Crippen LogP contribution is 1.69. The van der Waals surface area contributed by atoms with Gasteiger partial charge in [-0.1, -0.05) is 5.18 Å². The quantitative estimate of drug-likeness (QED) is 0.308. The molecular formula is C3H6N2O. The van der Waals surface area contributed by atoms with Crippen molar-refractivity contribution >= 4 is 6.21 Å². The van der Waals surface area contributed by atoms with Crippen LogP contribution >= 0.6 is 0 Å². The largest absolute Gasteiger partial charge is 0.313 e. The third-order valence-electron chi connectivity index (χ3n) is 0.365. The van der Waals surface area contributed by atoms with Gasteiger partial charge in [-0.2, -0.15) is 4.91 Å². The Hall–Kier alpha value is -0.730. The summed E-state index contributed by atoms with van der Waals surface area (Å²) in [5.41, 5.74) is 0. The third kappa shape index (κ3) is 3.27. The maximum atomic E-state index is 9.21. The molecular weight excluding hydrogens is 80.0 g/mol. The zero-order chi connectivity index (χ0) is 4.83. The smallest absolute Gasteiger partial charge is 0.0860 e. The summed E-state index contributed by atoms with van der Waals surface area (Å²) in [4.78, 5) is 9.21. The van der Waals surface area contributed by atoms with Crippen LogP contribution < -0.4 is 0 Å². The van der Waals surface area contributed by atoms with Crippen LogP contribution in [-0.2, 0) is 0 Å². The Labute approximate surface area is 35.8 Å². The van der Waals surface area contributed by atoms with Gasteiger partial charge in [-0.3, -0.25) is 0 Å². The molecule has 0 rings (SSSR count). The summed E-state index contributed by atoms with van der Waals surface area (Å²) in [7, 11) is 0. The molecule has 0 saturated heterocycles. The van der Waals surface area contributed by atoms with Crippen LogP contribution in [0.1, 0.15) is 6.42 Å². The zero-order valence-corrected chi connectivity index (χ0v) is 3.35. The average molecular weight is 86.1 g/mol. The standard InChI is InChI=1S/C3H6N2O/c4-2-1-3-5-6/h2,4H,1,3H2. The Morgan fingerprint density at radius 3 is 2.67 bits per heavy atom. The molecule has 0 radical (unpaired) electrons. The van der Waals surface area contributed by atoms with Crippen molar-refractivity contribution in [3.63, 3.8) is 0 Å². The van der Waals surface area contributed by atoms with Gasteiger partial charge in [0.15, 0.2) is 0 Å². The molecule has 0 heterocycles. The minimum Gasteiger partial charge on any atom is -0.313 e. The van der Waals surface area contributed by atoms with Crippen molar-refractivity contribution in [3.8, 4) is 0 Å². The van der Waals surface area contributed by atoms with Gasteiger partial charge in [0.1, 0.15) is 0 Å². The van der Waals surface area contributed by atoms with Crippen LogP contribution in [0.15, 0.2) is 5.18 Å². The Bertz CT molecular complexity index is 44.8. The van der Waals surface area contributed by atoms with E-state index in [1.807, 2.05) is 0 Å². The summed E-state index contributed by atoms with van der Waals surface area (Å²) in [6.45, 7) is 0.240. The second-order valence-electron chi connectivity index (χ2n) is 0.846. The lowest BCUT2D eigenvalue weighted by molar-refractivity contribution is 1.04. The maximum Gasteiger partial charge on any atom is 0.0860 e. The number of rotatable bonds is 3. The molecule has 3 heteroatoms. The summed E-state index contributed by atoms with van der Waals surface area (Å²) in [6, 6.07) is 0. The monoisotopic (exact) mass is 86.0 g/mol. The molecule has 0 atom stereocenters. The van der Waals surface area contributed by atoms with Gasteiger partial charge < -0.3 is 5.41 Å². The number of nitroso groups, excluding NO2 is 1. The zero-order valence-electron chi connectivity index (χ0n) is 3.35. The van der Waals surface area contributed by atoms with E-state index < -0.39 is 0 Å². The highest BCUT2D eigenvalue weighted by Gasteiger charge is 1.72. The normalized spacial score (nSPS) is 7.33. The van der Waals surface area contributed by atoms with Gasteiger partial charge in [0.05, 0.1) is 6.54 Å². The summed E-state index contributed by atoms with van der Waals surface area (Å²) < 4.78 is 0. The van der Waals surface area contributed by atoms with E-state index in [9.17, 15) is 4.91 Å². The number of hydrogen-bond donors (Lipinski definition) is 1. The van der Waals surface area contributed by atoms with Gasteiger partial charge in [-0.15, -0.1) is 0 Å². The summed E-state index contributed by atoms with van der Waals surface area (Å²) in [5.74, 6) is 0. The van der Waals surface area contributed by atoms with Gasteiger partial charge in [0, 0.05) is 6.42 Å². The fourth-order valence-electron chi connectivity index (χ4n) is 0.117. The molecule has 0 unspecified atom stereocenters. The number of nitrogens with zero attached hydrogens (tertiary/aromatic N) is 1. The van der Waals surface area contributed by atoms with E-state index in [-0.39, 0.29) is 6.54 Å². The predicted octanol–water partition coefficient (Wildman–Crippen LogP) is 0.792.